The van der Waals surface area contributed by atoms with Crippen molar-refractivity contribution < 1.29 is 0 Å². The molecule has 0 aliphatic carbocycles. The molecule has 1 nitrogen and oxygen atoms in total. The summed E-state index contributed by atoms with van der Waals surface area (Å²) >= 11 is 0. The highest BCUT2D eigenvalue weighted by Crippen LogP contribution is 2.16. The zero-order valence-electron chi connectivity index (χ0n) is 8.78. The molecule has 11 heavy (non-hydrogen) atoms. The second kappa shape index (κ2) is 4.94. The van der Waals surface area contributed by atoms with E-state index in [9.17, 15) is 0 Å². The molecule has 0 bridgehead atoms. The summed E-state index contributed by atoms with van der Waals surface area (Å²) in [6.07, 6.45) is 1.37. The van der Waals surface area contributed by atoms with Gasteiger partial charge in [0.2, 0.25) is 0 Å². The van der Waals surface area contributed by atoms with Gasteiger partial charge in [-0.1, -0.05) is 32.5 Å². The van der Waals surface area contributed by atoms with Crippen LogP contribution in [0.4, 0.5) is 0 Å². The van der Waals surface area contributed by atoms with Crippen LogP contribution in [0, 0.1) is 0 Å². The summed E-state index contributed by atoms with van der Waals surface area (Å²) in [5, 5.41) is 0. The second-order valence-electron chi connectivity index (χ2n) is 4.47. The Kier molecular flexibility index (Phi) is 5.02. The average molecular weight is 173 g/mol. The molecule has 0 rings (SSSR count). The van der Waals surface area contributed by atoms with Gasteiger partial charge in [0.05, 0.1) is 0 Å². The molecule has 68 valence electrons. The molecule has 2 heteroatoms. The lowest BCUT2D eigenvalue weighted by Crippen LogP contribution is -2.29. The predicted molar refractivity (Wildman–Crippen MR) is 55.9 cm³/mol. The Morgan fingerprint density at radius 3 is 2.00 bits per heavy atom. The fourth-order valence-corrected chi connectivity index (χ4v) is 3.98. The summed E-state index contributed by atoms with van der Waals surface area (Å²) in [6.45, 7) is 8.57. The van der Waals surface area contributed by atoms with E-state index in [0.29, 0.717) is 0 Å². The SMILES string of the molecule is CCC[Si](C)(C)CCN(C)C. The maximum Gasteiger partial charge on any atom is 0.0486 e. The monoisotopic (exact) mass is 173 g/mol. The highest BCUT2D eigenvalue weighted by Gasteiger charge is 2.18. The van der Waals surface area contributed by atoms with Crippen LogP contribution in [-0.4, -0.2) is 33.6 Å². The normalized spacial score (nSPS) is 12.5. The number of rotatable bonds is 5. The quantitative estimate of drug-likeness (QED) is 0.578. The van der Waals surface area contributed by atoms with Crippen LogP contribution in [0.15, 0.2) is 0 Å². The van der Waals surface area contributed by atoms with Gasteiger partial charge in [0.25, 0.3) is 0 Å². The Labute approximate surface area is 72.8 Å². The van der Waals surface area contributed by atoms with E-state index in [1.165, 1.54) is 25.1 Å². The summed E-state index contributed by atoms with van der Waals surface area (Å²) in [6, 6.07) is 2.94. The van der Waals surface area contributed by atoms with Gasteiger partial charge in [-0.05, 0) is 26.7 Å². The first-order valence-electron chi connectivity index (χ1n) is 4.62. The molecule has 0 saturated carbocycles. The van der Waals surface area contributed by atoms with E-state index >= 15 is 0 Å². The van der Waals surface area contributed by atoms with Crippen LogP contribution in [0.25, 0.3) is 0 Å². The highest BCUT2D eigenvalue weighted by atomic mass is 28.3. The van der Waals surface area contributed by atoms with Crippen LogP contribution in [0.2, 0.25) is 25.2 Å². The number of hydrogen-bond donors (Lipinski definition) is 0. The van der Waals surface area contributed by atoms with Gasteiger partial charge in [-0.25, -0.2) is 0 Å². The van der Waals surface area contributed by atoms with Gasteiger partial charge in [-0.15, -0.1) is 0 Å². The van der Waals surface area contributed by atoms with E-state index in [1.54, 1.807) is 0 Å². The Hall–Kier alpha value is 0.177. The Morgan fingerprint density at radius 1 is 1.09 bits per heavy atom. The first kappa shape index (κ1) is 11.2. The topological polar surface area (TPSA) is 3.24 Å². The van der Waals surface area contributed by atoms with Crippen LogP contribution in [0.5, 0.6) is 0 Å². The van der Waals surface area contributed by atoms with Gasteiger partial charge >= 0.3 is 0 Å². The molecule has 0 aromatic rings. The molecule has 0 aromatic heterocycles. The summed E-state index contributed by atoms with van der Waals surface area (Å²) in [4.78, 5) is 2.30. The number of hydrogen-bond acceptors (Lipinski definition) is 1. The molecule has 0 saturated heterocycles. The van der Waals surface area contributed by atoms with Crippen LogP contribution < -0.4 is 0 Å². The van der Waals surface area contributed by atoms with Crippen molar-refractivity contribution in [2.24, 2.45) is 0 Å². The molecule has 0 unspecified atom stereocenters. The molecule has 0 spiro atoms. The zero-order chi connectivity index (χ0) is 8.91. The van der Waals surface area contributed by atoms with Crippen LogP contribution in [-0.2, 0) is 0 Å². The van der Waals surface area contributed by atoms with Crippen molar-refractivity contribution in [1.82, 2.24) is 4.90 Å². The largest absolute Gasteiger partial charge is 0.310 e. The van der Waals surface area contributed by atoms with E-state index in [2.05, 4.69) is 39.0 Å². The third-order valence-electron chi connectivity index (χ3n) is 2.16. The molecular weight excluding hydrogens is 150 g/mol. The lowest BCUT2D eigenvalue weighted by atomic mass is 10.6. The average Bonchev–Trinajstić information content (AvgIpc) is 1.84. The zero-order valence-corrected chi connectivity index (χ0v) is 9.78. The maximum absolute atomic E-state index is 2.50. The Morgan fingerprint density at radius 2 is 1.64 bits per heavy atom. The highest BCUT2D eigenvalue weighted by molar-refractivity contribution is 6.77. The summed E-state index contributed by atoms with van der Waals surface area (Å²) in [5.74, 6) is 0. The van der Waals surface area contributed by atoms with Crippen molar-refractivity contribution in [3.05, 3.63) is 0 Å². The van der Waals surface area contributed by atoms with Gasteiger partial charge in [-0.3, -0.25) is 0 Å². The summed E-state index contributed by atoms with van der Waals surface area (Å²) in [5.41, 5.74) is 0. The third-order valence-corrected chi connectivity index (χ3v) is 5.59. The van der Waals surface area contributed by atoms with Gasteiger partial charge in [0.1, 0.15) is 0 Å². The molecule has 0 N–H and O–H groups in total. The van der Waals surface area contributed by atoms with Crippen molar-refractivity contribution in [3.63, 3.8) is 0 Å². The molecule has 0 atom stereocenters. The second-order valence-corrected chi connectivity index (χ2v) is 9.80. The van der Waals surface area contributed by atoms with Crippen molar-refractivity contribution in [2.75, 3.05) is 20.6 Å². The van der Waals surface area contributed by atoms with Gasteiger partial charge < -0.3 is 4.90 Å². The molecule has 0 radical (unpaired) electrons. The Bertz CT molecular complexity index is 99.7. The predicted octanol–water partition coefficient (Wildman–Crippen LogP) is 2.67. The smallest absolute Gasteiger partial charge is 0.0486 e. The van der Waals surface area contributed by atoms with E-state index in [-0.39, 0.29) is 0 Å². The van der Waals surface area contributed by atoms with Crippen LogP contribution in [0.3, 0.4) is 0 Å². The minimum absolute atomic E-state index is 0.808. The van der Waals surface area contributed by atoms with Crippen molar-refractivity contribution in [3.8, 4) is 0 Å². The molecular formula is C9H23NSi. The minimum Gasteiger partial charge on any atom is -0.310 e. The molecule has 0 fully saturated rings. The molecule has 0 heterocycles. The van der Waals surface area contributed by atoms with Crippen molar-refractivity contribution >= 4 is 8.07 Å². The summed E-state index contributed by atoms with van der Waals surface area (Å²) in [7, 11) is 3.52. The fourth-order valence-electron chi connectivity index (χ4n) is 1.33. The number of nitrogens with zero attached hydrogens (tertiary/aromatic N) is 1. The first-order valence-corrected chi connectivity index (χ1v) is 8.04. The van der Waals surface area contributed by atoms with Crippen LogP contribution in [0.1, 0.15) is 13.3 Å². The lowest BCUT2D eigenvalue weighted by Gasteiger charge is -2.23. The van der Waals surface area contributed by atoms with E-state index in [1.807, 2.05) is 0 Å². The van der Waals surface area contributed by atoms with Gasteiger partial charge in [0, 0.05) is 8.07 Å². The lowest BCUT2D eigenvalue weighted by molar-refractivity contribution is 0.431. The Balaban J connectivity index is 3.54. The molecule has 0 aliphatic heterocycles. The maximum atomic E-state index is 2.50. The minimum atomic E-state index is -0.808. The molecule has 0 amide bonds. The first-order chi connectivity index (χ1) is 4.98. The van der Waals surface area contributed by atoms with E-state index in [4.69, 9.17) is 0 Å². The summed E-state index contributed by atoms with van der Waals surface area (Å²) < 4.78 is 0. The van der Waals surface area contributed by atoms with E-state index < -0.39 is 8.07 Å². The van der Waals surface area contributed by atoms with Crippen LogP contribution >= 0.6 is 0 Å². The standard InChI is InChI=1S/C9H23NSi/c1-6-8-11(4,5)9-7-10(2)3/h6-9H2,1-5H3. The van der Waals surface area contributed by atoms with Crippen molar-refractivity contribution in [2.45, 2.75) is 38.5 Å². The van der Waals surface area contributed by atoms with Gasteiger partial charge in [0.15, 0.2) is 0 Å². The van der Waals surface area contributed by atoms with Gasteiger partial charge in [-0.2, -0.15) is 0 Å². The van der Waals surface area contributed by atoms with E-state index in [0.717, 1.165) is 0 Å². The molecule has 0 aromatic carbocycles. The van der Waals surface area contributed by atoms with Crippen molar-refractivity contribution in [1.29, 1.82) is 0 Å². The fraction of sp³-hybridized carbons (Fsp3) is 1.00. The molecule has 0 aliphatic rings. The third kappa shape index (κ3) is 6.57.